The van der Waals surface area contributed by atoms with E-state index < -0.39 is 28.1 Å². The summed E-state index contributed by atoms with van der Waals surface area (Å²) in [5.74, 6) is -1.25. The second-order valence-electron chi connectivity index (χ2n) is 7.57. The van der Waals surface area contributed by atoms with Crippen LogP contribution in [0, 0.1) is 5.92 Å². The van der Waals surface area contributed by atoms with Gasteiger partial charge in [0.05, 0.1) is 16.1 Å². The number of benzene rings is 2. The van der Waals surface area contributed by atoms with Gasteiger partial charge >= 0.3 is 6.36 Å². The Balaban J connectivity index is 1.42. The minimum absolute atomic E-state index is 0.0680. The van der Waals surface area contributed by atoms with Crippen LogP contribution in [0.4, 0.5) is 18.9 Å². The molecule has 0 radical (unpaired) electrons. The van der Waals surface area contributed by atoms with E-state index in [1.807, 2.05) is 18.2 Å². The number of hydrogen-bond donors (Lipinski definition) is 1. The maximum absolute atomic E-state index is 12.9. The number of anilines is 1. The first-order valence-corrected chi connectivity index (χ1v) is 11.6. The van der Waals surface area contributed by atoms with E-state index in [0.717, 1.165) is 17.5 Å². The molecule has 0 aliphatic carbocycles. The van der Waals surface area contributed by atoms with Gasteiger partial charge in [-0.1, -0.05) is 24.3 Å². The second-order valence-corrected chi connectivity index (χ2v) is 9.51. The molecule has 1 N–H and O–H groups in total. The predicted molar refractivity (Wildman–Crippen MR) is 115 cm³/mol. The van der Waals surface area contributed by atoms with Gasteiger partial charge in [0.15, 0.2) is 0 Å². The predicted octanol–water partition coefficient (Wildman–Crippen LogP) is 4.17. The van der Waals surface area contributed by atoms with Crippen molar-refractivity contribution < 1.29 is 31.1 Å². The largest absolute Gasteiger partial charge is 0.573 e. The molecule has 0 unspecified atom stereocenters. The number of carbonyl (C=O) groups is 1. The van der Waals surface area contributed by atoms with Crippen molar-refractivity contribution in [3.63, 3.8) is 0 Å². The maximum Gasteiger partial charge on any atom is 0.573 e. The number of carbonyl (C=O) groups excluding carboxylic acids is 1. The number of nitrogens with zero attached hydrogens (tertiary/aromatic N) is 2. The van der Waals surface area contributed by atoms with Crippen LogP contribution in [0.1, 0.15) is 12.8 Å². The quantitative estimate of drug-likeness (QED) is 0.593. The number of fused-ring (bicyclic) bond motifs is 1. The van der Waals surface area contributed by atoms with Crippen molar-refractivity contribution in [3.8, 4) is 5.75 Å². The topological polar surface area (TPSA) is 88.6 Å². The van der Waals surface area contributed by atoms with E-state index >= 15 is 0 Å². The van der Waals surface area contributed by atoms with E-state index in [-0.39, 0.29) is 36.7 Å². The van der Waals surface area contributed by atoms with Crippen LogP contribution in [-0.2, 0) is 14.8 Å². The molecule has 11 heteroatoms. The van der Waals surface area contributed by atoms with Crippen LogP contribution in [-0.4, -0.2) is 43.1 Å². The highest BCUT2D eigenvalue weighted by Gasteiger charge is 2.34. The van der Waals surface area contributed by atoms with Gasteiger partial charge in [0.1, 0.15) is 5.75 Å². The summed E-state index contributed by atoms with van der Waals surface area (Å²) < 4.78 is 68.2. The molecule has 1 fully saturated rings. The summed E-state index contributed by atoms with van der Waals surface area (Å²) in [6.45, 7) is 0.136. The zero-order valence-corrected chi connectivity index (χ0v) is 18.1. The van der Waals surface area contributed by atoms with Crippen LogP contribution in [0.5, 0.6) is 5.75 Å². The molecule has 0 spiro atoms. The fraction of sp³-hybridized carbons (Fsp3) is 0.273. The Labute approximate surface area is 188 Å². The Hall–Kier alpha value is -3.18. The zero-order chi connectivity index (χ0) is 23.6. The van der Waals surface area contributed by atoms with E-state index in [9.17, 15) is 26.4 Å². The van der Waals surface area contributed by atoms with Crippen LogP contribution >= 0.6 is 0 Å². The van der Waals surface area contributed by atoms with E-state index in [2.05, 4.69) is 15.0 Å². The van der Waals surface area contributed by atoms with Crippen LogP contribution in [0.2, 0.25) is 0 Å². The molecule has 2 heterocycles. The van der Waals surface area contributed by atoms with Gasteiger partial charge in [-0.3, -0.25) is 9.78 Å². The number of ether oxygens (including phenoxy) is 1. The Morgan fingerprint density at radius 2 is 1.76 bits per heavy atom. The smallest absolute Gasteiger partial charge is 0.406 e. The van der Waals surface area contributed by atoms with Gasteiger partial charge in [0.2, 0.25) is 15.9 Å². The normalized spacial score (nSPS) is 16.0. The Bertz CT molecular complexity index is 1270. The molecule has 174 valence electrons. The highest BCUT2D eigenvalue weighted by molar-refractivity contribution is 7.89. The molecule has 4 rings (SSSR count). The first-order valence-electron chi connectivity index (χ1n) is 10.1. The number of alkyl halides is 3. The summed E-state index contributed by atoms with van der Waals surface area (Å²) in [7, 11) is -4.03. The van der Waals surface area contributed by atoms with Crippen molar-refractivity contribution >= 4 is 32.5 Å². The number of rotatable bonds is 5. The molecule has 0 atom stereocenters. The van der Waals surface area contributed by atoms with Crippen molar-refractivity contribution in [1.29, 1.82) is 0 Å². The van der Waals surface area contributed by atoms with Gasteiger partial charge in [0, 0.05) is 36.7 Å². The van der Waals surface area contributed by atoms with E-state index in [0.29, 0.717) is 11.2 Å². The average molecular weight is 479 g/mol. The molecule has 1 saturated heterocycles. The fourth-order valence-electron chi connectivity index (χ4n) is 3.78. The van der Waals surface area contributed by atoms with E-state index in [1.165, 1.54) is 16.4 Å². The van der Waals surface area contributed by atoms with Crippen molar-refractivity contribution in [3.05, 3.63) is 60.8 Å². The molecular weight excluding hydrogens is 459 g/mol. The fourth-order valence-corrected chi connectivity index (χ4v) is 5.28. The lowest BCUT2D eigenvalue weighted by Gasteiger charge is -2.30. The summed E-state index contributed by atoms with van der Waals surface area (Å²) in [6, 6.07) is 13.4. The minimum Gasteiger partial charge on any atom is -0.406 e. The number of para-hydroxylation sites is 1. The van der Waals surface area contributed by atoms with Gasteiger partial charge < -0.3 is 10.1 Å². The number of aromatic nitrogens is 1. The Kier molecular flexibility index (Phi) is 6.26. The summed E-state index contributed by atoms with van der Waals surface area (Å²) in [5.41, 5.74) is 1.24. The molecule has 1 aliphatic heterocycles. The van der Waals surface area contributed by atoms with Crippen molar-refractivity contribution in [1.82, 2.24) is 9.29 Å². The van der Waals surface area contributed by atoms with Gasteiger partial charge in [0.25, 0.3) is 0 Å². The standard InChI is InChI=1S/C22H20F3N3O4S/c23-22(24,25)32-17-6-2-7-18(14-17)33(30,31)28-12-9-16(10-13-28)21(29)27-19-8-1-4-15-5-3-11-26-20(15)19/h1-8,11,14,16H,9-10,12-13H2,(H,27,29). The summed E-state index contributed by atoms with van der Waals surface area (Å²) in [6.07, 6.45) is -2.73. The first-order chi connectivity index (χ1) is 15.6. The molecule has 0 bridgehead atoms. The first kappa shape index (κ1) is 23.0. The maximum atomic E-state index is 12.9. The zero-order valence-electron chi connectivity index (χ0n) is 17.2. The lowest BCUT2D eigenvalue weighted by Crippen LogP contribution is -2.41. The molecular formula is C22H20F3N3O4S. The van der Waals surface area contributed by atoms with E-state index in [1.54, 1.807) is 18.3 Å². The lowest BCUT2D eigenvalue weighted by molar-refractivity contribution is -0.274. The summed E-state index contributed by atoms with van der Waals surface area (Å²) in [5, 5.41) is 3.76. The molecule has 1 aliphatic rings. The van der Waals surface area contributed by atoms with Crippen LogP contribution in [0.15, 0.2) is 65.7 Å². The number of piperidine rings is 1. The Morgan fingerprint density at radius 1 is 1.06 bits per heavy atom. The molecule has 33 heavy (non-hydrogen) atoms. The average Bonchev–Trinajstić information content (AvgIpc) is 2.78. The molecule has 1 amide bonds. The van der Waals surface area contributed by atoms with Crippen LogP contribution in [0.25, 0.3) is 10.9 Å². The third-order valence-corrected chi connectivity index (χ3v) is 7.29. The number of pyridine rings is 1. The molecule has 3 aromatic rings. The lowest BCUT2D eigenvalue weighted by atomic mass is 9.97. The van der Waals surface area contributed by atoms with Crippen LogP contribution in [0.3, 0.4) is 0 Å². The molecule has 0 saturated carbocycles. The monoisotopic (exact) mass is 479 g/mol. The van der Waals surface area contributed by atoms with E-state index in [4.69, 9.17) is 0 Å². The Morgan fingerprint density at radius 3 is 2.48 bits per heavy atom. The number of amides is 1. The van der Waals surface area contributed by atoms with Crippen LogP contribution < -0.4 is 10.1 Å². The van der Waals surface area contributed by atoms with Gasteiger partial charge in [-0.15, -0.1) is 13.2 Å². The van der Waals surface area contributed by atoms with Gasteiger partial charge in [-0.05, 0) is 37.1 Å². The summed E-state index contributed by atoms with van der Waals surface area (Å²) >= 11 is 0. The highest BCUT2D eigenvalue weighted by Crippen LogP contribution is 2.29. The third kappa shape index (κ3) is 5.25. The van der Waals surface area contributed by atoms with Gasteiger partial charge in [-0.25, -0.2) is 8.42 Å². The highest BCUT2D eigenvalue weighted by atomic mass is 32.2. The number of hydrogen-bond acceptors (Lipinski definition) is 5. The second kappa shape index (κ2) is 8.99. The minimum atomic E-state index is -4.92. The van der Waals surface area contributed by atoms with Crippen molar-refractivity contribution in [2.75, 3.05) is 18.4 Å². The molecule has 2 aromatic carbocycles. The molecule has 1 aromatic heterocycles. The third-order valence-electron chi connectivity index (χ3n) is 5.39. The summed E-state index contributed by atoms with van der Waals surface area (Å²) in [4.78, 5) is 16.8. The number of sulfonamides is 1. The number of halogens is 3. The molecule has 7 nitrogen and oxygen atoms in total. The van der Waals surface area contributed by atoms with Crippen molar-refractivity contribution in [2.24, 2.45) is 5.92 Å². The van der Waals surface area contributed by atoms with Crippen molar-refractivity contribution in [2.45, 2.75) is 24.1 Å². The SMILES string of the molecule is O=C(Nc1cccc2cccnc12)C1CCN(S(=O)(=O)c2cccc(OC(F)(F)F)c2)CC1. The van der Waals surface area contributed by atoms with Gasteiger partial charge in [-0.2, -0.15) is 4.31 Å². The number of nitrogens with one attached hydrogen (secondary N) is 1.